The van der Waals surface area contributed by atoms with E-state index >= 15 is 0 Å². The lowest BCUT2D eigenvalue weighted by Crippen LogP contribution is -2.06. The number of fused-ring (bicyclic) bond motifs is 9. The fourth-order valence-electron chi connectivity index (χ4n) is 7.91. The summed E-state index contributed by atoms with van der Waals surface area (Å²) in [6.07, 6.45) is 1.55. The Morgan fingerprint density at radius 3 is 1.39 bits per heavy atom. The number of benzene rings is 7. The van der Waals surface area contributed by atoms with Crippen molar-refractivity contribution in [1.29, 1.82) is 0 Å². The monoisotopic (exact) mass is 631 g/mol. The van der Waals surface area contributed by atoms with Gasteiger partial charge in [-0.3, -0.25) is 0 Å². The molecule has 0 aliphatic carbocycles. The van der Waals surface area contributed by atoms with Crippen molar-refractivity contribution in [2.75, 3.05) is 0 Å². The summed E-state index contributed by atoms with van der Waals surface area (Å²) in [7, 11) is 0. The highest BCUT2D eigenvalue weighted by molar-refractivity contribution is 6.10. The maximum atomic E-state index is 6.32. The summed E-state index contributed by atoms with van der Waals surface area (Å²) >= 11 is 0. The van der Waals surface area contributed by atoms with Gasteiger partial charge in [0.25, 0.3) is 0 Å². The largest absolute Gasteiger partial charge is 0.456 e. The zero-order valence-electron chi connectivity index (χ0n) is 27.5. The molecule has 0 amide bonds. The van der Waals surface area contributed by atoms with Crippen LogP contribution in [0.1, 0.15) is 33.4 Å². The Hall–Kier alpha value is -6.06. The minimum absolute atomic E-state index is 0.775. The molecule has 3 nitrogen and oxygen atoms in total. The van der Waals surface area contributed by atoms with E-state index in [1.807, 2.05) is 24.3 Å². The Labute approximate surface area is 283 Å². The Bertz CT molecular complexity index is 2720. The lowest BCUT2D eigenvalue weighted by molar-refractivity contribution is 0.668. The minimum atomic E-state index is 0.775. The van der Waals surface area contributed by atoms with Crippen LogP contribution in [0, 0.1) is 13.8 Å². The highest BCUT2D eigenvalue weighted by atomic mass is 16.3. The molecule has 3 heterocycles. The van der Waals surface area contributed by atoms with Crippen molar-refractivity contribution in [2.45, 2.75) is 26.7 Å². The number of hydrogen-bond acceptors (Lipinski definition) is 2. The third-order valence-electron chi connectivity index (χ3n) is 10.2. The maximum Gasteiger partial charge on any atom is 0.135 e. The van der Waals surface area contributed by atoms with Gasteiger partial charge in [0.2, 0.25) is 0 Å². The van der Waals surface area contributed by atoms with Crippen LogP contribution in [0.5, 0.6) is 0 Å². The standard InChI is InChI=1S/C46H33NO2/c1-28-14-20-40-38(22-28)39-23-29(2)15-21-41(39)47(40)46-32(24-30-16-18-36-34-10-3-5-12-42(34)48-44(36)26-30)8-7-9-33(46)25-31-17-19-37-35-11-4-6-13-43(35)49-45(37)27-31/h3-23,26-27H,24-25H2,1-2H3. The minimum Gasteiger partial charge on any atom is -0.456 e. The third-order valence-corrected chi connectivity index (χ3v) is 10.2. The molecule has 0 aliphatic rings. The number of aromatic nitrogens is 1. The Morgan fingerprint density at radius 1 is 0.408 bits per heavy atom. The molecule has 49 heavy (non-hydrogen) atoms. The molecule has 0 saturated carbocycles. The first-order valence-corrected chi connectivity index (χ1v) is 17.0. The molecular formula is C46H33NO2. The summed E-state index contributed by atoms with van der Waals surface area (Å²) in [5.41, 5.74) is 14.9. The molecule has 3 aromatic heterocycles. The topological polar surface area (TPSA) is 31.2 Å². The van der Waals surface area contributed by atoms with E-state index in [9.17, 15) is 0 Å². The predicted octanol–water partition coefficient (Wildman–Crippen LogP) is 12.4. The molecule has 0 fully saturated rings. The van der Waals surface area contributed by atoms with E-state index < -0.39 is 0 Å². The average molecular weight is 632 g/mol. The van der Waals surface area contributed by atoms with Gasteiger partial charge in [0.1, 0.15) is 22.3 Å². The number of furan rings is 2. The van der Waals surface area contributed by atoms with E-state index in [4.69, 9.17) is 8.83 Å². The summed E-state index contributed by atoms with van der Waals surface area (Å²) in [5, 5.41) is 7.19. The van der Waals surface area contributed by atoms with E-state index in [1.165, 1.54) is 60.9 Å². The van der Waals surface area contributed by atoms with Gasteiger partial charge in [-0.2, -0.15) is 0 Å². The van der Waals surface area contributed by atoms with Crippen molar-refractivity contribution < 1.29 is 8.83 Å². The van der Waals surface area contributed by atoms with E-state index in [-0.39, 0.29) is 0 Å². The highest BCUT2D eigenvalue weighted by Gasteiger charge is 2.20. The van der Waals surface area contributed by atoms with E-state index in [1.54, 1.807) is 0 Å². The van der Waals surface area contributed by atoms with Crippen molar-refractivity contribution >= 4 is 65.7 Å². The summed E-state index contributed by atoms with van der Waals surface area (Å²) in [5.74, 6) is 0. The van der Waals surface area contributed by atoms with E-state index in [2.05, 4.69) is 134 Å². The van der Waals surface area contributed by atoms with Crippen LogP contribution in [0.3, 0.4) is 0 Å². The quantitative estimate of drug-likeness (QED) is 0.189. The molecular weight excluding hydrogens is 599 g/mol. The lowest BCUT2D eigenvalue weighted by Gasteiger charge is -2.19. The zero-order chi connectivity index (χ0) is 32.6. The molecule has 0 radical (unpaired) electrons. The van der Waals surface area contributed by atoms with Gasteiger partial charge < -0.3 is 13.4 Å². The first-order chi connectivity index (χ1) is 24.1. The van der Waals surface area contributed by atoms with Crippen LogP contribution >= 0.6 is 0 Å². The van der Waals surface area contributed by atoms with Gasteiger partial charge in [0.05, 0.1) is 16.7 Å². The Balaban J connectivity index is 1.18. The number of para-hydroxylation sites is 3. The summed E-state index contributed by atoms with van der Waals surface area (Å²) in [4.78, 5) is 0. The molecule has 0 spiro atoms. The Morgan fingerprint density at radius 2 is 0.878 bits per heavy atom. The fraction of sp³-hybridized carbons (Fsp3) is 0.0870. The second kappa shape index (κ2) is 10.7. The third kappa shape index (κ3) is 4.50. The van der Waals surface area contributed by atoms with Gasteiger partial charge in [-0.1, -0.05) is 102 Å². The molecule has 0 aliphatic heterocycles. The Kier molecular flexibility index (Phi) is 6.13. The van der Waals surface area contributed by atoms with Crippen LogP contribution in [-0.4, -0.2) is 4.57 Å². The van der Waals surface area contributed by atoms with Crippen molar-refractivity contribution in [2.24, 2.45) is 0 Å². The molecule has 0 atom stereocenters. The molecule has 3 heteroatoms. The molecule has 10 rings (SSSR count). The van der Waals surface area contributed by atoms with Crippen LogP contribution < -0.4 is 0 Å². The normalized spacial score (nSPS) is 12.0. The summed E-state index contributed by atoms with van der Waals surface area (Å²) in [6.45, 7) is 4.36. The summed E-state index contributed by atoms with van der Waals surface area (Å²) in [6, 6.07) is 50.5. The first kappa shape index (κ1) is 28.0. The van der Waals surface area contributed by atoms with Crippen LogP contribution in [-0.2, 0) is 12.8 Å². The molecule has 0 saturated heterocycles. The smallest absolute Gasteiger partial charge is 0.135 e. The van der Waals surface area contributed by atoms with Crippen molar-refractivity contribution in [3.8, 4) is 5.69 Å². The molecule has 10 aromatic rings. The van der Waals surface area contributed by atoms with Crippen molar-refractivity contribution in [3.05, 3.63) is 173 Å². The first-order valence-electron chi connectivity index (χ1n) is 17.0. The van der Waals surface area contributed by atoms with Crippen molar-refractivity contribution in [3.63, 3.8) is 0 Å². The molecule has 0 bridgehead atoms. The SMILES string of the molecule is Cc1ccc2c(c1)c1cc(C)ccc1n2-c1c(Cc2ccc3c(c2)oc2ccccc23)cccc1Cc1ccc2c(c1)oc1ccccc12. The zero-order valence-corrected chi connectivity index (χ0v) is 27.5. The lowest BCUT2D eigenvalue weighted by atomic mass is 9.95. The second-order valence-corrected chi connectivity index (χ2v) is 13.5. The number of rotatable bonds is 5. The second-order valence-electron chi connectivity index (χ2n) is 13.5. The van der Waals surface area contributed by atoms with Crippen LogP contribution in [0.2, 0.25) is 0 Å². The van der Waals surface area contributed by atoms with Gasteiger partial charge in [-0.25, -0.2) is 0 Å². The van der Waals surface area contributed by atoms with Gasteiger partial charge in [0.15, 0.2) is 0 Å². The van der Waals surface area contributed by atoms with Crippen LogP contribution in [0.4, 0.5) is 0 Å². The highest BCUT2D eigenvalue weighted by Crippen LogP contribution is 2.38. The number of hydrogen-bond donors (Lipinski definition) is 0. The van der Waals surface area contributed by atoms with Gasteiger partial charge in [0, 0.05) is 32.3 Å². The molecule has 7 aromatic carbocycles. The van der Waals surface area contributed by atoms with E-state index in [0.29, 0.717) is 0 Å². The molecule has 0 N–H and O–H groups in total. The van der Waals surface area contributed by atoms with Gasteiger partial charge in [-0.05, 0) is 97.5 Å². The van der Waals surface area contributed by atoms with Crippen LogP contribution in [0.15, 0.2) is 148 Å². The average Bonchev–Trinajstić information content (AvgIpc) is 3.77. The summed E-state index contributed by atoms with van der Waals surface area (Å²) < 4.78 is 15.1. The van der Waals surface area contributed by atoms with E-state index in [0.717, 1.165) is 56.7 Å². The predicted molar refractivity (Wildman–Crippen MR) is 203 cm³/mol. The van der Waals surface area contributed by atoms with Gasteiger partial charge in [-0.15, -0.1) is 0 Å². The fourth-order valence-corrected chi connectivity index (χ4v) is 7.91. The van der Waals surface area contributed by atoms with Crippen LogP contribution in [0.25, 0.3) is 71.4 Å². The van der Waals surface area contributed by atoms with Crippen molar-refractivity contribution in [1.82, 2.24) is 4.57 Å². The molecule has 0 unspecified atom stereocenters. The number of nitrogens with zero attached hydrogens (tertiary/aromatic N) is 1. The maximum absolute atomic E-state index is 6.32. The van der Waals surface area contributed by atoms with Gasteiger partial charge >= 0.3 is 0 Å². The number of aryl methyl sites for hydroxylation is 2. The molecule has 234 valence electrons.